The van der Waals surface area contributed by atoms with Crippen molar-refractivity contribution in [1.29, 1.82) is 0 Å². The molecule has 0 unspecified atom stereocenters. The Morgan fingerprint density at radius 3 is 2.38 bits per heavy atom. The summed E-state index contributed by atoms with van der Waals surface area (Å²) in [6, 6.07) is 6.11. The van der Waals surface area contributed by atoms with E-state index >= 15 is 0 Å². The van der Waals surface area contributed by atoms with Crippen LogP contribution in [0.15, 0.2) is 30.5 Å². The summed E-state index contributed by atoms with van der Waals surface area (Å²) in [5.41, 5.74) is 0.180. The molecule has 6 nitrogen and oxygen atoms in total. The highest BCUT2D eigenvalue weighted by molar-refractivity contribution is 6.35. The lowest BCUT2D eigenvalue weighted by Crippen LogP contribution is -2.31. The van der Waals surface area contributed by atoms with Gasteiger partial charge in [0.2, 0.25) is 0 Å². The van der Waals surface area contributed by atoms with E-state index < -0.39 is 18.0 Å². The molecule has 24 heavy (non-hydrogen) atoms. The predicted octanol–water partition coefficient (Wildman–Crippen LogP) is 3.95. The fourth-order valence-corrected chi connectivity index (χ4v) is 2.53. The van der Waals surface area contributed by atoms with Crippen LogP contribution in [0.3, 0.4) is 0 Å². The van der Waals surface area contributed by atoms with E-state index in [1.807, 2.05) is 13.8 Å². The number of anilines is 1. The summed E-state index contributed by atoms with van der Waals surface area (Å²) in [6.45, 7) is 5.36. The lowest BCUT2D eigenvalue weighted by molar-refractivity contribution is -0.123. The first-order valence-corrected chi connectivity index (χ1v) is 8.05. The number of halogens is 2. The zero-order valence-electron chi connectivity index (χ0n) is 13.4. The van der Waals surface area contributed by atoms with Crippen LogP contribution in [0, 0.1) is 0 Å². The van der Waals surface area contributed by atoms with Gasteiger partial charge in [0, 0.05) is 22.2 Å². The molecule has 1 aromatic heterocycles. The fraction of sp³-hybridized carbons (Fsp3) is 0.312. The van der Waals surface area contributed by atoms with Crippen molar-refractivity contribution in [1.82, 2.24) is 9.78 Å². The van der Waals surface area contributed by atoms with Crippen molar-refractivity contribution in [3.63, 3.8) is 0 Å². The molecule has 0 radical (unpaired) electrons. The van der Waals surface area contributed by atoms with Gasteiger partial charge in [0.05, 0.1) is 11.8 Å². The van der Waals surface area contributed by atoms with E-state index in [2.05, 4.69) is 10.4 Å². The molecule has 0 aliphatic heterocycles. The summed E-state index contributed by atoms with van der Waals surface area (Å²) < 4.78 is 6.82. The molecule has 0 aliphatic carbocycles. The van der Waals surface area contributed by atoms with Gasteiger partial charge in [0.1, 0.15) is 5.82 Å². The maximum absolute atomic E-state index is 12.2. The van der Waals surface area contributed by atoms with E-state index in [0.29, 0.717) is 15.9 Å². The number of carbonyl (C=O) groups excluding carboxylic acids is 2. The molecule has 1 atom stereocenters. The number of nitrogens with one attached hydrogen (secondary N) is 1. The van der Waals surface area contributed by atoms with Crippen LogP contribution in [0.25, 0.3) is 0 Å². The molecule has 1 amide bonds. The number of carbonyl (C=O) groups is 2. The Morgan fingerprint density at radius 1 is 1.17 bits per heavy atom. The molecule has 2 aromatic rings. The number of aromatic nitrogens is 2. The normalized spacial score (nSPS) is 12.1. The number of benzene rings is 1. The molecule has 0 saturated heterocycles. The smallest absolute Gasteiger partial charge is 0.339 e. The summed E-state index contributed by atoms with van der Waals surface area (Å²) in [6.07, 6.45) is 0.589. The van der Waals surface area contributed by atoms with Crippen molar-refractivity contribution in [2.24, 2.45) is 0 Å². The molecule has 0 aliphatic rings. The van der Waals surface area contributed by atoms with Crippen molar-refractivity contribution < 1.29 is 14.3 Å². The summed E-state index contributed by atoms with van der Waals surface area (Å²) in [7, 11) is 0. The van der Waals surface area contributed by atoms with Gasteiger partial charge in [-0.3, -0.25) is 4.79 Å². The number of hydrogen-bond acceptors (Lipinski definition) is 4. The first-order valence-electron chi connectivity index (χ1n) is 7.29. The molecule has 0 saturated carbocycles. The van der Waals surface area contributed by atoms with Crippen LogP contribution in [0.1, 0.15) is 37.2 Å². The Hall–Kier alpha value is -2.05. The quantitative estimate of drug-likeness (QED) is 0.809. The van der Waals surface area contributed by atoms with Crippen molar-refractivity contribution in [3.05, 3.63) is 46.1 Å². The topological polar surface area (TPSA) is 73.2 Å². The van der Waals surface area contributed by atoms with E-state index in [9.17, 15) is 9.59 Å². The summed E-state index contributed by atoms with van der Waals surface area (Å²) in [4.78, 5) is 24.3. The Morgan fingerprint density at radius 2 is 1.79 bits per heavy atom. The lowest BCUT2D eigenvalue weighted by atomic mass is 10.2. The van der Waals surface area contributed by atoms with Crippen LogP contribution in [-0.4, -0.2) is 27.8 Å². The fourth-order valence-electron chi connectivity index (χ4n) is 2.01. The Balaban J connectivity index is 2.03. The van der Waals surface area contributed by atoms with E-state index in [-0.39, 0.29) is 11.6 Å². The Labute approximate surface area is 149 Å². The van der Waals surface area contributed by atoms with Gasteiger partial charge in [0.25, 0.3) is 5.91 Å². The maximum atomic E-state index is 12.2. The molecule has 1 aromatic carbocycles. The van der Waals surface area contributed by atoms with Crippen LogP contribution < -0.4 is 5.32 Å². The highest BCUT2D eigenvalue weighted by Crippen LogP contribution is 2.20. The lowest BCUT2D eigenvalue weighted by Gasteiger charge is -2.16. The molecule has 1 heterocycles. The number of hydrogen-bond donors (Lipinski definition) is 1. The van der Waals surface area contributed by atoms with Crippen LogP contribution in [-0.2, 0) is 9.53 Å². The molecular weight excluding hydrogens is 353 g/mol. The predicted molar refractivity (Wildman–Crippen MR) is 92.6 cm³/mol. The molecule has 2 rings (SSSR count). The number of amides is 1. The van der Waals surface area contributed by atoms with Gasteiger partial charge in [-0.25, -0.2) is 9.48 Å². The number of rotatable bonds is 5. The van der Waals surface area contributed by atoms with Crippen molar-refractivity contribution in [2.75, 3.05) is 5.32 Å². The average Bonchev–Trinajstić information content (AvgIpc) is 2.94. The van der Waals surface area contributed by atoms with Gasteiger partial charge in [-0.1, -0.05) is 23.2 Å². The SMILES string of the molecule is CC(C)n1nccc1NC(=O)[C@@H](C)OC(=O)c1cc(Cl)cc(Cl)c1. The number of ether oxygens (including phenoxy) is 1. The van der Waals surface area contributed by atoms with Crippen LogP contribution in [0.5, 0.6) is 0 Å². The standard InChI is InChI=1S/C16H17Cl2N3O3/c1-9(2)21-14(4-5-19-21)20-15(22)10(3)24-16(23)11-6-12(17)8-13(18)7-11/h4-10H,1-3H3,(H,20,22)/t10-/m1/s1. The van der Waals surface area contributed by atoms with Crippen LogP contribution in [0.4, 0.5) is 5.82 Å². The largest absolute Gasteiger partial charge is 0.449 e. The molecular formula is C16H17Cl2N3O3. The van der Waals surface area contributed by atoms with Gasteiger partial charge in [-0.2, -0.15) is 5.10 Å². The second-order valence-corrected chi connectivity index (χ2v) is 6.32. The zero-order valence-corrected chi connectivity index (χ0v) is 14.9. The van der Waals surface area contributed by atoms with Crippen molar-refractivity contribution in [3.8, 4) is 0 Å². The second kappa shape index (κ2) is 7.68. The third-order valence-electron chi connectivity index (χ3n) is 3.16. The first kappa shape index (κ1) is 18.3. The zero-order chi connectivity index (χ0) is 17.9. The minimum Gasteiger partial charge on any atom is -0.449 e. The average molecular weight is 370 g/mol. The highest BCUT2D eigenvalue weighted by Gasteiger charge is 2.21. The van der Waals surface area contributed by atoms with Gasteiger partial charge in [-0.05, 0) is 39.0 Å². The van der Waals surface area contributed by atoms with E-state index in [4.69, 9.17) is 27.9 Å². The van der Waals surface area contributed by atoms with Crippen molar-refractivity contribution in [2.45, 2.75) is 32.9 Å². The summed E-state index contributed by atoms with van der Waals surface area (Å²) >= 11 is 11.7. The second-order valence-electron chi connectivity index (χ2n) is 5.45. The molecule has 1 N–H and O–H groups in total. The monoisotopic (exact) mass is 369 g/mol. The minimum absolute atomic E-state index is 0.0850. The minimum atomic E-state index is -0.995. The molecule has 0 spiro atoms. The first-order chi connectivity index (χ1) is 11.3. The number of nitrogens with zero attached hydrogens (tertiary/aromatic N) is 2. The Bertz CT molecular complexity index is 739. The third kappa shape index (κ3) is 4.49. The third-order valence-corrected chi connectivity index (χ3v) is 3.60. The van der Waals surface area contributed by atoms with Gasteiger partial charge >= 0.3 is 5.97 Å². The van der Waals surface area contributed by atoms with Gasteiger partial charge in [0.15, 0.2) is 6.10 Å². The summed E-state index contributed by atoms with van der Waals surface area (Å²) in [5, 5.41) is 7.43. The summed E-state index contributed by atoms with van der Waals surface area (Å²) in [5.74, 6) is -0.609. The van der Waals surface area contributed by atoms with Crippen LogP contribution in [0.2, 0.25) is 10.0 Å². The van der Waals surface area contributed by atoms with E-state index in [0.717, 1.165) is 0 Å². The van der Waals surface area contributed by atoms with E-state index in [1.54, 1.807) is 16.9 Å². The molecule has 128 valence electrons. The van der Waals surface area contributed by atoms with E-state index in [1.165, 1.54) is 25.1 Å². The molecule has 0 fully saturated rings. The molecule has 0 bridgehead atoms. The maximum Gasteiger partial charge on any atom is 0.339 e. The Kier molecular flexibility index (Phi) is 5.85. The highest BCUT2D eigenvalue weighted by atomic mass is 35.5. The van der Waals surface area contributed by atoms with Gasteiger partial charge in [-0.15, -0.1) is 0 Å². The van der Waals surface area contributed by atoms with Crippen molar-refractivity contribution >= 4 is 40.9 Å². The number of esters is 1. The van der Waals surface area contributed by atoms with Gasteiger partial charge < -0.3 is 10.1 Å². The van der Waals surface area contributed by atoms with Crippen LogP contribution >= 0.6 is 23.2 Å². The molecule has 8 heteroatoms.